The number of carbonyl (C=O) groups is 1. The maximum atomic E-state index is 11.7. The molecule has 1 unspecified atom stereocenters. The molecule has 0 aromatic rings. The van der Waals surface area contributed by atoms with Gasteiger partial charge in [0.1, 0.15) is 6.10 Å². The summed E-state index contributed by atoms with van der Waals surface area (Å²) in [5, 5.41) is 9.15. The molecule has 0 aliphatic heterocycles. The third-order valence-corrected chi connectivity index (χ3v) is 4.56. The molecular formula is C21H43NO4. The van der Waals surface area contributed by atoms with Gasteiger partial charge in [-0.15, -0.1) is 0 Å². The minimum absolute atomic E-state index is 0.0380. The summed E-state index contributed by atoms with van der Waals surface area (Å²) < 4.78 is 10.4. The maximum absolute atomic E-state index is 11.7. The van der Waals surface area contributed by atoms with Gasteiger partial charge < -0.3 is 19.5 Å². The highest BCUT2D eigenvalue weighted by Gasteiger charge is 2.14. The van der Waals surface area contributed by atoms with Crippen LogP contribution in [0.5, 0.6) is 0 Å². The molecule has 0 radical (unpaired) electrons. The Balaban J connectivity index is 3.64. The summed E-state index contributed by atoms with van der Waals surface area (Å²) in [4.78, 5) is 13.8. The first kappa shape index (κ1) is 25.2. The number of rotatable bonds is 18. The molecule has 0 aliphatic rings. The zero-order valence-electron chi connectivity index (χ0n) is 17.5. The minimum Gasteiger partial charge on any atom is -0.434 e. The molecule has 5 heteroatoms. The molecule has 1 N–H and O–H groups in total. The molecule has 0 saturated heterocycles. The predicted octanol–water partition coefficient (Wildman–Crippen LogP) is 5.15. The average Bonchev–Trinajstić information content (AvgIpc) is 2.60. The molecule has 1 atom stereocenters. The zero-order valence-corrected chi connectivity index (χ0v) is 17.5. The summed E-state index contributed by atoms with van der Waals surface area (Å²) in [6.45, 7) is 3.54. The molecule has 156 valence electrons. The highest BCUT2D eigenvalue weighted by atomic mass is 16.7. The van der Waals surface area contributed by atoms with E-state index in [1.807, 2.05) is 14.1 Å². The van der Waals surface area contributed by atoms with Gasteiger partial charge in [-0.2, -0.15) is 0 Å². The van der Waals surface area contributed by atoms with E-state index in [-0.39, 0.29) is 12.7 Å². The third kappa shape index (κ3) is 18.0. The Kier molecular flexibility index (Phi) is 18.4. The Hall–Kier alpha value is -0.810. The summed E-state index contributed by atoms with van der Waals surface area (Å²) >= 11 is 0. The van der Waals surface area contributed by atoms with Crippen molar-refractivity contribution in [3.63, 3.8) is 0 Å². The molecule has 0 spiro atoms. The number of nitrogens with zero attached hydrogens (tertiary/aromatic N) is 1. The van der Waals surface area contributed by atoms with Crippen LogP contribution in [0.2, 0.25) is 0 Å². The molecule has 5 nitrogen and oxygen atoms in total. The van der Waals surface area contributed by atoms with E-state index in [0.29, 0.717) is 13.0 Å². The third-order valence-electron chi connectivity index (χ3n) is 4.56. The molecule has 0 saturated carbocycles. The number of ether oxygens (including phenoxy) is 2. The molecule has 0 amide bonds. The van der Waals surface area contributed by atoms with Crippen LogP contribution in [0.3, 0.4) is 0 Å². The van der Waals surface area contributed by atoms with Gasteiger partial charge in [-0.25, -0.2) is 4.79 Å². The van der Waals surface area contributed by atoms with Crippen LogP contribution in [0.4, 0.5) is 4.79 Å². The van der Waals surface area contributed by atoms with Crippen LogP contribution in [0, 0.1) is 0 Å². The smallest absolute Gasteiger partial charge is 0.434 e. The first-order valence-corrected chi connectivity index (χ1v) is 10.7. The van der Waals surface area contributed by atoms with E-state index in [0.717, 1.165) is 32.2 Å². The van der Waals surface area contributed by atoms with Gasteiger partial charge in [0, 0.05) is 19.6 Å². The van der Waals surface area contributed by atoms with Gasteiger partial charge in [0.05, 0.1) is 6.61 Å². The van der Waals surface area contributed by atoms with Crippen LogP contribution in [0.15, 0.2) is 0 Å². The number of aliphatic hydroxyl groups is 1. The lowest BCUT2D eigenvalue weighted by Gasteiger charge is -2.17. The fourth-order valence-electron chi connectivity index (χ4n) is 2.97. The Bertz CT molecular complexity index is 310. The number of hydrogen-bond donors (Lipinski definition) is 1. The first-order valence-electron chi connectivity index (χ1n) is 10.7. The first-order chi connectivity index (χ1) is 12.6. The predicted molar refractivity (Wildman–Crippen MR) is 108 cm³/mol. The molecule has 0 rings (SSSR count). The van der Waals surface area contributed by atoms with Crippen LogP contribution >= 0.6 is 0 Å². The molecule has 0 aromatic carbocycles. The van der Waals surface area contributed by atoms with Crippen LogP contribution in [0.1, 0.15) is 90.4 Å². The molecule has 26 heavy (non-hydrogen) atoms. The SMILES string of the molecule is CCCCCCCCCCCCC(CCO)OC(=O)OCCCN(C)C. The molecule has 0 heterocycles. The summed E-state index contributed by atoms with van der Waals surface area (Å²) in [5.74, 6) is 0. The minimum atomic E-state index is -0.603. The van der Waals surface area contributed by atoms with Crippen LogP contribution < -0.4 is 0 Å². The van der Waals surface area contributed by atoms with Crippen molar-refractivity contribution in [3.8, 4) is 0 Å². The quantitative estimate of drug-likeness (QED) is 0.266. The standard InChI is InChI=1S/C21H43NO4/c1-4-5-6-7-8-9-10-11-12-13-15-20(16-18-23)26-21(24)25-19-14-17-22(2)3/h20,23H,4-19H2,1-3H3. The topological polar surface area (TPSA) is 59.0 Å². The van der Waals surface area contributed by atoms with Crippen LogP contribution in [-0.4, -0.2) is 56.1 Å². The Morgan fingerprint density at radius 1 is 0.885 bits per heavy atom. The largest absolute Gasteiger partial charge is 0.508 e. The van der Waals surface area contributed by atoms with E-state index >= 15 is 0 Å². The Morgan fingerprint density at radius 2 is 1.46 bits per heavy atom. The van der Waals surface area contributed by atoms with Crippen molar-refractivity contribution in [2.24, 2.45) is 0 Å². The molecular weight excluding hydrogens is 330 g/mol. The highest BCUT2D eigenvalue weighted by molar-refractivity contribution is 5.60. The van der Waals surface area contributed by atoms with Crippen molar-refractivity contribution >= 4 is 6.16 Å². The number of aliphatic hydroxyl groups excluding tert-OH is 1. The molecule has 0 aliphatic carbocycles. The second kappa shape index (κ2) is 19.0. The van der Waals surface area contributed by atoms with Crippen LogP contribution in [-0.2, 0) is 9.47 Å². The van der Waals surface area contributed by atoms with Crippen molar-refractivity contribution in [1.29, 1.82) is 0 Å². The molecule has 0 aromatic heterocycles. The van der Waals surface area contributed by atoms with Crippen molar-refractivity contribution < 1.29 is 19.4 Å². The Morgan fingerprint density at radius 3 is 2.00 bits per heavy atom. The lowest BCUT2D eigenvalue weighted by atomic mass is 10.0. The van der Waals surface area contributed by atoms with E-state index < -0.39 is 6.16 Å². The highest BCUT2D eigenvalue weighted by Crippen LogP contribution is 2.14. The Labute approximate surface area is 161 Å². The zero-order chi connectivity index (χ0) is 19.5. The van der Waals surface area contributed by atoms with Gasteiger partial charge in [-0.3, -0.25) is 0 Å². The van der Waals surface area contributed by atoms with Crippen LogP contribution in [0.25, 0.3) is 0 Å². The fraction of sp³-hybridized carbons (Fsp3) is 0.952. The van der Waals surface area contributed by atoms with Gasteiger partial charge in [0.2, 0.25) is 0 Å². The normalized spacial score (nSPS) is 12.3. The molecule has 0 fully saturated rings. The van der Waals surface area contributed by atoms with Crippen molar-refractivity contribution in [1.82, 2.24) is 4.90 Å². The van der Waals surface area contributed by atoms with Crippen molar-refractivity contribution in [3.05, 3.63) is 0 Å². The second-order valence-electron chi connectivity index (χ2n) is 7.48. The van der Waals surface area contributed by atoms with E-state index in [2.05, 4.69) is 11.8 Å². The number of hydrogen-bond acceptors (Lipinski definition) is 5. The van der Waals surface area contributed by atoms with Gasteiger partial charge >= 0.3 is 6.16 Å². The monoisotopic (exact) mass is 373 g/mol. The van der Waals surface area contributed by atoms with Crippen molar-refractivity contribution in [2.45, 2.75) is 96.5 Å². The van der Waals surface area contributed by atoms with Gasteiger partial charge in [-0.05, 0) is 33.4 Å². The number of carbonyl (C=O) groups excluding carboxylic acids is 1. The summed E-state index contributed by atoms with van der Waals surface area (Å²) in [7, 11) is 3.98. The van der Waals surface area contributed by atoms with Gasteiger partial charge in [-0.1, -0.05) is 64.7 Å². The maximum Gasteiger partial charge on any atom is 0.508 e. The number of unbranched alkanes of at least 4 members (excludes halogenated alkanes) is 9. The lowest BCUT2D eigenvalue weighted by molar-refractivity contribution is 0.0107. The summed E-state index contributed by atoms with van der Waals surface area (Å²) in [6, 6.07) is 0. The van der Waals surface area contributed by atoms with Gasteiger partial charge in [0.15, 0.2) is 0 Å². The molecule has 0 bridgehead atoms. The fourth-order valence-corrected chi connectivity index (χ4v) is 2.97. The van der Waals surface area contributed by atoms with Crippen molar-refractivity contribution in [2.75, 3.05) is 33.9 Å². The average molecular weight is 374 g/mol. The summed E-state index contributed by atoms with van der Waals surface area (Å²) in [5.41, 5.74) is 0. The van der Waals surface area contributed by atoms with E-state index in [4.69, 9.17) is 14.6 Å². The lowest BCUT2D eigenvalue weighted by Crippen LogP contribution is -2.22. The van der Waals surface area contributed by atoms with E-state index in [1.54, 1.807) is 0 Å². The van der Waals surface area contributed by atoms with Gasteiger partial charge in [0.25, 0.3) is 0 Å². The van der Waals surface area contributed by atoms with E-state index in [1.165, 1.54) is 51.4 Å². The van der Waals surface area contributed by atoms with E-state index in [9.17, 15) is 4.79 Å². The second-order valence-corrected chi connectivity index (χ2v) is 7.48. The summed E-state index contributed by atoms with van der Waals surface area (Å²) in [6.07, 6.45) is 14.1.